The Hall–Kier alpha value is 0.383. The molecule has 0 amide bonds. The van der Waals surface area contributed by atoms with Gasteiger partial charge in [0.25, 0.3) is 0 Å². The molecule has 2 bridgehead atoms. The zero-order valence-electron chi connectivity index (χ0n) is 12.7. The summed E-state index contributed by atoms with van der Waals surface area (Å²) in [5.74, 6) is 0. The second-order valence-corrected chi connectivity index (χ2v) is 15.1. The SMILES string of the molecule is CCC[CH2][Ge]12[N](C)CCN(CC[N]1C)CC[N]2C. The number of hydrogen-bond donors (Lipinski definition) is 0. The van der Waals surface area contributed by atoms with Gasteiger partial charge in [-0.25, -0.2) is 0 Å². The van der Waals surface area contributed by atoms with Crippen molar-refractivity contribution in [3.05, 3.63) is 0 Å². The summed E-state index contributed by atoms with van der Waals surface area (Å²) in [4.78, 5) is 2.63. The molecule has 0 aliphatic carbocycles. The summed E-state index contributed by atoms with van der Waals surface area (Å²) in [6, 6.07) is 0. The summed E-state index contributed by atoms with van der Waals surface area (Å²) in [7, 11) is 7.16. The van der Waals surface area contributed by atoms with E-state index in [0.29, 0.717) is 0 Å². The number of nitrogens with zero attached hydrogens (tertiary/aromatic N) is 4. The molecule has 3 aliphatic heterocycles. The Labute approximate surface area is 116 Å². The predicted molar refractivity (Wildman–Crippen MR) is 79.8 cm³/mol. The summed E-state index contributed by atoms with van der Waals surface area (Å²) in [6.45, 7) is 9.94. The van der Waals surface area contributed by atoms with Crippen LogP contribution >= 0.6 is 0 Å². The zero-order valence-corrected chi connectivity index (χ0v) is 14.8. The molecule has 3 heterocycles. The molecule has 3 saturated heterocycles. The third kappa shape index (κ3) is 2.63. The van der Waals surface area contributed by atoms with Gasteiger partial charge in [-0.1, -0.05) is 0 Å². The summed E-state index contributed by atoms with van der Waals surface area (Å²) < 4.78 is 8.29. The second kappa shape index (κ2) is 6.22. The molecule has 0 saturated carbocycles. The van der Waals surface area contributed by atoms with E-state index in [1.165, 1.54) is 57.4 Å². The molecule has 3 rings (SSSR count). The summed E-state index contributed by atoms with van der Waals surface area (Å²) in [5.41, 5.74) is 0. The van der Waals surface area contributed by atoms with Gasteiger partial charge in [0.05, 0.1) is 0 Å². The molecule has 4 nitrogen and oxygen atoms in total. The van der Waals surface area contributed by atoms with Gasteiger partial charge in [0.2, 0.25) is 0 Å². The van der Waals surface area contributed by atoms with Gasteiger partial charge in [-0.2, -0.15) is 0 Å². The van der Waals surface area contributed by atoms with Crippen LogP contribution in [0, 0.1) is 0 Å². The zero-order chi connectivity index (χ0) is 13.2. The maximum atomic E-state index is 2.76. The molecule has 0 atom stereocenters. The molecule has 106 valence electrons. The Morgan fingerprint density at radius 2 is 1.22 bits per heavy atom. The van der Waals surface area contributed by atoms with Crippen molar-refractivity contribution in [3.8, 4) is 0 Å². The van der Waals surface area contributed by atoms with Crippen LogP contribution in [0.1, 0.15) is 19.8 Å². The van der Waals surface area contributed by atoms with Crippen molar-refractivity contribution in [1.82, 2.24) is 16.5 Å². The fraction of sp³-hybridized carbons (Fsp3) is 1.00. The van der Waals surface area contributed by atoms with Gasteiger partial charge in [-0.05, 0) is 0 Å². The Bertz CT molecular complexity index is 238. The van der Waals surface area contributed by atoms with E-state index in [1.807, 2.05) is 0 Å². The summed E-state index contributed by atoms with van der Waals surface area (Å²) >= 11 is -2.19. The molecule has 0 aromatic heterocycles. The summed E-state index contributed by atoms with van der Waals surface area (Å²) in [6.07, 6.45) is 2.72. The van der Waals surface area contributed by atoms with Gasteiger partial charge in [0.15, 0.2) is 0 Å². The van der Waals surface area contributed by atoms with Crippen LogP contribution in [0.15, 0.2) is 0 Å². The molecule has 0 aromatic carbocycles. The third-order valence-electron chi connectivity index (χ3n) is 4.95. The van der Waals surface area contributed by atoms with Crippen LogP contribution < -0.4 is 0 Å². The first-order valence-electron chi connectivity index (χ1n) is 7.47. The number of likely N-dealkylation sites (N-methyl/N-ethyl adjacent to an activating group) is 3. The standard InChI is InChI=1S/C13H30GeN4/c1-5-6-7-14-15(2)8-11-18(12-9-16(14)3)13-10-17(14)4/h5-13H2,1-4H3. The average Bonchev–Trinajstić information content (AvgIpc) is 2.35. The van der Waals surface area contributed by atoms with Gasteiger partial charge in [-0.3, -0.25) is 0 Å². The quantitative estimate of drug-likeness (QED) is 0.716. The van der Waals surface area contributed by atoms with Gasteiger partial charge in [0, 0.05) is 0 Å². The molecular weight excluding hydrogens is 285 g/mol. The first kappa shape index (κ1) is 14.8. The fourth-order valence-electron chi connectivity index (χ4n) is 3.61. The van der Waals surface area contributed by atoms with Crippen LogP contribution in [0.3, 0.4) is 0 Å². The molecular formula is C13H30GeN4. The van der Waals surface area contributed by atoms with Crippen LogP contribution in [0.2, 0.25) is 5.25 Å². The van der Waals surface area contributed by atoms with Crippen LogP contribution in [0.5, 0.6) is 0 Å². The fourth-order valence-corrected chi connectivity index (χ4v) is 14.3. The first-order chi connectivity index (χ1) is 8.61. The Balaban J connectivity index is 2.28. The van der Waals surface area contributed by atoms with Crippen molar-refractivity contribution >= 4 is 13.9 Å². The Morgan fingerprint density at radius 1 is 0.778 bits per heavy atom. The van der Waals surface area contributed by atoms with Gasteiger partial charge < -0.3 is 0 Å². The van der Waals surface area contributed by atoms with Gasteiger partial charge >= 0.3 is 116 Å². The maximum absolute atomic E-state index is 2.76. The van der Waals surface area contributed by atoms with E-state index >= 15 is 0 Å². The predicted octanol–water partition coefficient (Wildman–Crippen LogP) is 0.850. The molecule has 0 radical (unpaired) electrons. The van der Waals surface area contributed by atoms with Crippen molar-refractivity contribution in [2.45, 2.75) is 25.0 Å². The Morgan fingerprint density at radius 3 is 1.61 bits per heavy atom. The normalized spacial score (nSPS) is 36.3. The molecule has 3 aliphatic rings. The van der Waals surface area contributed by atoms with Crippen LogP contribution in [-0.4, -0.2) is 90.8 Å². The van der Waals surface area contributed by atoms with E-state index in [2.05, 4.69) is 44.5 Å². The molecule has 18 heavy (non-hydrogen) atoms. The molecule has 0 N–H and O–H groups in total. The van der Waals surface area contributed by atoms with E-state index in [-0.39, 0.29) is 0 Å². The van der Waals surface area contributed by atoms with Crippen molar-refractivity contribution < 1.29 is 0 Å². The van der Waals surface area contributed by atoms with Crippen molar-refractivity contribution in [3.63, 3.8) is 0 Å². The monoisotopic (exact) mass is 316 g/mol. The van der Waals surface area contributed by atoms with E-state index in [1.54, 1.807) is 0 Å². The second-order valence-electron chi connectivity index (χ2n) is 5.98. The number of unbranched alkanes of at least 4 members (excludes halogenated alkanes) is 1. The minimum atomic E-state index is -2.19. The van der Waals surface area contributed by atoms with E-state index in [0.717, 1.165) is 0 Å². The Kier molecular flexibility index (Phi) is 5.11. The van der Waals surface area contributed by atoms with Crippen LogP contribution in [-0.2, 0) is 0 Å². The number of rotatable bonds is 3. The van der Waals surface area contributed by atoms with Crippen molar-refractivity contribution in [1.29, 1.82) is 0 Å². The third-order valence-corrected chi connectivity index (χ3v) is 16.2. The van der Waals surface area contributed by atoms with Crippen LogP contribution in [0.4, 0.5) is 0 Å². The van der Waals surface area contributed by atoms with Gasteiger partial charge in [0.1, 0.15) is 0 Å². The molecule has 5 heteroatoms. The van der Waals surface area contributed by atoms with E-state index < -0.39 is 13.9 Å². The molecule has 0 unspecified atom stereocenters. The van der Waals surface area contributed by atoms with E-state index in [9.17, 15) is 0 Å². The topological polar surface area (TPSA) is 13.0 Å². The van der Waals surface area contributed by atoms with Gasteiger partial charge in [-0.15, -0.1) is 0 Å². The van der Waals surface area contributed by atoms with E-state index in [4.69, 9.17) is 0 Å². The number of hydrogen-bond acceptors (Lipinski definition) is 4. The van der Waals surface area contributed by atoms with Crippen LogP contribution in [0.25, 0.3) is 0 Å². The average molecular weight is 315 g/mol. The van der Waals surface area contributed by atoms with Crippen molar-refractivity contribution in [2.24, 2.45) is 0 Å². The number of fused-ring (bicyclic) bond motifs is 6. The molecule has 3 fully saturated rings. The molecule has 0 aromatic rings. The summed E-state index contributed by atoms with van der Waals surface area (Å²) in [5, 5.41) is 1.44. The minimum absolute atomic E-state index is 1.26. The molecule has 0 spiro atoms. The van der Waals surface area contributed by atoms with Crippen molar-refractivity contribution in [2.75, 3.05) is 60.4 Å². The first-order valence-corrected chi connectivity index (χ1v) is 11.8.